The minimum atomic E-state index is -5.23. The van der Waals surface area contributed by atoms with Gasteiger partial charge in [-0.3, -0.25) is 14.9 Å². The van der Waals surface area contributed by atoms with Gasteiger partial charge in [-0.25, -0.2) is 9.74 Å². The number of aliphatic hydroxyl groups excluding tert-OH is 1. The van der Waals surface area contributed by atoms with Gasteiger partial charge in [0.2, 0.25) is 0 Å². The van der Waals surface area contributed by atoms with E-state index in [1.54, 1.807) is 0 Å². The first-order chi connectivity index (χ1) is 15.9. The van der Waals surface area contributed by atoms with Crippen LogP contribution in [0, 0.1) is 10.1 Å². The molecule has 0 amide bonds. The van der Waals surface area contributed by atoms with E-state index in [-0.39, 0.29) is 18.9 Å². The molecule has 1 unspecified atom stereocenters. The van der Waals surface area contributed by atoms with Crippen LogP contribution in [0.15, 0.2) is 54.6 Å². The maximum atomic E-state index is 11.9. The van der Waals surface area contributed by atoms with E-state index in [0.29, 0.717) is 12.2 Å². The third-order valence-corrected chi connectivity index (χ3v) is 3.81. The molecule has 0 bridgehead atoms. The molecule has 0 heterocycles. The van der Waals surface area contributed by atoms with Crippen LogP contribution in [0.4, 0.5) is 23.4 Å². The lowest BCUT2D eigenvalue weighted by Crippen LogP contribution is -2.36. The molecule has 0 saturated heterocycles. The lowest BCUT2D eigenvalue weighted by molar-refractivity contribution is -0.384. The summed E-state index contributed by atoms with van der Waals surface area (Å²) in [5.41, 5.74) is 6.66. The van der Waals surface area contributed by atoms with Gasteiger partial charge < -0.3 is 20.3 Å². The Morgan fingerprint density at radius 3 is 2.12 bits per heavy atom. The van der Waals surface area contributed by atoms with Crippen LogP contribution in [0.3, 0.4) is 0 Å². The molecule has 0 saturated carbocycles. The predicted molar refractivity (Wildman–Crippen MR) is 107 cm³/mol. The highest BCUT2D eigenvalue weighted by atomic mass is 19.4. The molecule has 10 nitrogen and oxygen atoms in total. The van der Waals surface area contributed by atoms with E-state index < -0.39 is 35.2 Å². The van der Waals surface area contributed by atoms with Crippen LogP contribution in [-0.2, 0) is 25.7 Å². The summed E-state index contributed by atoms with van der Waals surface area (Å²) in [4.78, 5) is 32.9. The van der Waals surface area contributed by atoms with Crippen molar-refractivity contribution in [3.05, 3.63) is 70.3 Å². The molecule has 2 rings (SSSR count). The van der Waals surface area contributed by atoms with Gasteiger partial charge in [-0.15, -0.1) is 0 Å². The van der Waals surface area contributed by atoms with Crippen LogP contribution >= 0.6 is 0 Å². The Morgan fingerprint density at radius 1 is 1.06 bits per heavy atom. The van der Waals surface area contributed by atoms with Crippen molar-refractivity contribution in [1.29, 1.82) is 0 Å². The third-order valence-electron chi connectivity index (χ3n) is 3.81. The first-order valence-corrected chi connectivity index (χ1v) is 9.35. The fourth-order valence-corrected chi connectivity index (χ4v) is 2.19. The SMILES string of the molecule is N[C@@H](Cc1ccccc1)C(=O)OCC(O)COc1ccc([N+](=O)[O-])cc1.O=C(OF)C(F)(F)F. The maximum absolute atomic E-state index is 11.9. The topological polar surface area (TPSA) is 151 Å². The Bertz CT molecular complexity index is 926. The number of non-ortho nitro benzene ring substituents is 1. The molecule has 3 N–H and O–H groups in total. The summed E-state index contributed by atoms with van der Waals surface area (Å²) in [6.45, 7) is -0.382. The minimum absolute atomic E-state index is 0.0563. The van der Waals surface area contributed by atoms with E-state index in [9.17, 15) is 37.7 Å². The number of rotatable bonds is 9. The molecule has 186 valence electrons. The lowest BCUT2D eigenvalue weighted by atomic mass is 10.1. The normalized spacial score (nSPS) is 12.4. The average molecular weight is 492 g/mol. The zero-order chi connectivity index (χ0) is 25.7. The molecule has 0 radical (unpaired) electrons. The van der Waals surface area contributed by atoms with E-state index in [1.807, 2.05) is 35.3 Å². The van der Waals surface area contributed by atoms with Gasteiger partial charge in [0.15, 0.2) is 0 Å². The van der Waals surface area contributed by atoms with E-state index in [0.717, 1.165) is 5.56 Å². The second-order valence-corrected chi connectivity index (χ2v) is 6.50. The fourth-order valence-electron chi connectivity index (χ4n) is 2.19. The Labute approximate surface area is 189 Å². The molecule has 0 aliphatic heterocycles. The summed E-state index contributed by atoms with van der Waals surface area (Å²) < 4.78 is 52.8. The Kier molecular flexibility index (Phi) is 11.4. The zero-order valence-electron chi connectivity index (χ0n) is 17.3. The summed E-state index contributed by atoms with van der Waals surface area (Å²) in [6.07, 6.45) is -5.93. The highest BCUT2D eigenvalue weighted by molar-refractivity contribution is 5.76. The monoisotopic (exact) mass is 492 g/mol. The zero-order valence-corrected chi connectivity index (χ0v) is 17.3. The summed E-state index contributed by atoms with van der Waals surface area (Å²) >= 11 is 0. The Balaban J connectivity index is 0.000000620. The van der Waals surface area contributed by atoms with Crippen LogP contribution in [0.2, 0.25) is 0 Å². The number of esters is 1. The van der Waals surface area contributed by atoms with Gasteiger partial charge in [0.25, 0.3) is 5.69 Å². The minimum Gasteiger partial charge on any atom is -0.491 e. The van der Waals surface area contributed by atoms with E-state index in [2.05, 4.69) is 0 Å². The van der Waals surface area contributed by atoms with Crippen molar-refractivity contribution in [2.45, 2.75) is 24.7 Å². The van der Waals surface area contributed by atoms with E-state index in [4.69, 9.17) is 20.0 Å². The second-order valence-electron chi connectivity index (χ2n) is 6.50. The Morgan fingerprint density at radius 2 is 1.65 bits per heavy atom. The smallest absolute Gasteiger partial charge is 0.491 e. The van der Waals surface area contributed by atoms with Crippen LogP contribution in [-0.4, -0.2) is 53.5 Å². The molecular formula is C20H20F4N2O8. The van der Waals surface area contributed by atoms with Crippen LogP contribution in [0.5, 0.6) is 5.75 Å². The number of nitro benzene ring substituents is 1. The van der Waals surface area contributed by atoms with Gasteiger partial charge in [-0.2, -0.15) is 13.2 Å². The van der Waals surface area contributed by atoms with Crippen molar-refractivity contribution in [2.24, 2.45) is 5.73 Å². The number of aliphatic hydroxyl groups is 1. The summed E-state index contributed by atoms with van der Waals surface area (Å²) in [5.74, 6) is -3.08. The maximum Gasteiger partial charge on any atom is 0.494 e. The number of carbonyl (C=O) groups is 2. The molecule has 14 heteroatoms. The third kappa shape index (κ3) is 10.7. The number of hydrogen-bond donors (Lipinski definition) is 2. The van der Waals surface area contributed by atoms with E-state index in [1.165, 1.54) is 24.3 Å². The molecule has 0 aliphatic rings. The molecule has 34 heavy (non-hydrogen) atoms. The van der Waals surface area contributed by atoms with Crippen LogP contribution in [0.25, 0.3) is 0 Å². The highest BCUT2D eigenvalue weighted by Gasteiger charge is 2.42. The first kappa shape index (κ1) is 28.3. The number of nitro groups is 1. The number of alkyl halides is 3. The molecule has 2 atom stereocenters. The average Bonchev–Trinajstić information content (AvgIpc) is 2.81. The van der Waals surface area contributed by atoms with Crippen molar-refractivity contribution in [1.82, 2.24) is 0 Å². The molecule has 0 fully saturated rings. The summed E-state index contributed by atoms with van der Waals surface area (Å²) in [7, 11) is 0. The quantitative estimate of drug-likeness (QED) is 0.233. The summed E-state index contributed by atoms with van der Waals surface area (Å²) in [6, 6.07) is 13.9. The largest absolute Gasteiger partial charge is 0.494 e. The molecule has 0 spiro atoms. The lowest BCUT2D eigenvalue weighted by Gasteiger charge is -2.15. The van der Waals surface area contributed by atoms with Gasteiger partial charge in [0, 0.05) is 16.7 Å². The van der Waals surface area contributed by atoms with Crippen molar-refractivity contribution in [3.8, 4) is 5.75 Å². The number of nitrogens with zero attached hydrogens (tertiary/aromatic N) is 1. The Hall–Kier alpha value is -3.78. The van der Waals surface area contributed by atoms with Gasteiger partial charge >= 0.3 is 18.1 Å². The number of carbonyl (C=O) groups excluding carboxylic acids is 2. The first-order valence-electron chi connectivity index (χ1n) is 9.35. The van der Waals surface area contributed by atoms with E-state index >= 15 is 0 Å². The van der Waals surface area contributed by atoms with Gasteiger partial charge in [-0.05, 0) is 24.1 Å². The van der Waals surface area contributed by atoms with Crippen LogP contribution < -0.4 is 10.5 Å². The molecule has 2 aromatic carbocycles. The van der Waals surface area contributed by atoms with Crippen molar-refractivity contribution in [3.63, 3.8) is 0 Å². The molecule has 2 aromatic rings. The van der Waals surface area contributed by atoms with Crippen molar-refractivity contribution >= 4 is 17.6 Å². The standard InChI is InChI=1S/C18H20N2O6.C2F4O2/c19-17(10-13-4-2-1-3-5-13)18(22)26-12-15(21)11-25-16-8-6-14(7-9-16)20(23)24;3-2(4,5)1(7)8-6/h1-9,15,17,21H,10-12,19H2;/t15?,17-;/m0./s1. The molecular weight excluding hydrogens is 472 g/mol. The summed E-state index contributed by atoms with van der Waals surface area (Å²) in [5, 5.41) is 20.4. The van der Waals surface area contributed by atoms with Crippen LogP contribution in [0.1, 0.15) is 5.56 Å². The fraction of sp³-hybridized carbons (Fsp3) is 0.300. The van der Waals surface area contributed by atoms with Gasteiger partial charge in [0.05, 0.1) is 4.92 Å². The number of hydrogen-bond acceptors (Lipinski definition) is 9. The number of benzene rings is 2. The molecule has 0 aliphatic carbocycles. The number of ether oxygens (including phenoxy) is 2. The molecule has 0 aromatic heterocycles. The highest BCUT2D eigenvalue weighted by Crippen LogP contribution is 2.17. The number of nitrogens with two attached hydrogens (primary N) is 1. The van der Waals surface area contributed by atoms with Crippen molar-refractivity contribution in [2.75, 3.05) is 13.2 Å². The predicted octanol–water partition coefficient (Wildman–Crippen LogP) is 2.42. The van der Waals surface area contributed by atoms with Crippen molar-refractivity contribution < 1.29 is 51.7 Å². The number of halogens is 4. The van der Waals surface area contributed by atoms with Gasteiger partial charge in [0.1, 0.15) is 31.1 Å². The van der Waals surface area contributed by atoms with Gasteiger partial charge in [-0.1, -0.05) is 30.3 Å². The second kappa shape index (κ2) is 13.7.